The summed E-state index contributed by atoms with van der Waals surface area (Å²) in [6.45, 7) is 14.3. The minimum Gasteiger partial charge on any atom is -0.475 e. The molecule has 0 aromatic heterocycles. The van der Waals surface area contributed by atoms with Gasteiger partial charge in [-0.15, -0.1) is 0 Å². The molecule has 0 bridgehead atoms. The smallest absolute Gasteiger partial charge is 0.475 e. The van der Waals surface area contributed by atoms with Crippen molar-refractivity contribution in [2.45, 2.75) is 70.5 Å². The maximum Gasteiger partial charge on any atom is 0.490 e. The Bertz CT molecular complexity index is 337. The van der Waals surface area contributed by atoms with Crippen LogP contribution in [0.2, 0.25) is 16.6 Å². The van der Waals surface area contributed by atoms with Gasteiger partial charge in [0.2, 0.25) is 0 Å². The number of hydrogen-bond acceptors (Lipinski definition) is 2. The van der Waals surface area contributed by atoms with E-state index in [1.54, 1.807) is 0 Å². The molecule has 0 saturated carbocycles. The van der Waals surface area contributed by atoms with Gasteiger partial charge in [-0.3, -0.25) is 0 Å². The molecule has 0 fully saturated rings. The van der Waals surface area contributed by atoms with Crippen molar-refractivity contribution in [3.63, 3.8) is 0 Å². The topological polar surface area (TPSA) is 106 Å². The molecule has 0 aliphatic rings. The molecule has 0 heterocycles. The van der Waals surface area contributed by atoms with Gasteiger partial charge in [-0.05, 0) is 0 Å². The van der Waals surface area contributed by atoms with Crippen LogP contribution in [0.25, 0.3) is 0 Å². The standard InChI is InChI=1S/C9H22Si.2C2HF3O2.H2O/c1-7(2)10(8(3)4)9(5)6;2*3-2(4,5)1(6)7;/h7-10H,1-6H3;2*(H,6,7);1H2. The summed E-state index contributed by atoms with van der Waals surface area (Å²) in [6, 6.07) is 0. The monoisotopic (exact) mass is 404 g/mol. The van der Waals surface area contributed by atoms with Crippen LogP contribution < -0.4 is 0 Å². The van der Waals surface area contributed by atoms with Crippen LogP contribution in [0.4, 0.5) is 26.3 Å². The first-order chi connectivity index (χ1) is 10.4. The van der Waals surface area contributed by atoms with E-state index in [0.29, 0.717) is 0 Å². The van der Waals surface area contributed by atoms with Gasteiger partial charge in [0.25, 0.3) is 0 Å². The molecule has 0 spiro atoms. The zero-order valence-corrected chi connectivity index (χ0v) is 15.9. The Hall–Kier alpha value is -1.30. The van der Waals surface area contributed by atoms with Gasteiger partial charge < -0.3 is 15.7 Å². The van der Waals surface area contributed by atoms with Gasteiger partial charge in [0.1, 0.15) is 0 Å². The maximum atomic E-state index is 10.6. The minimum absolute atomic E-state index is 0. The van der Waals surface area contributed by atoms with Gasteiger partial charge in [-0.25, -0.2) is 9.59 Å². The number of aliphatic carboxylic acids is 2. The number of alkyl halides is 6. The Morgan fingerprint density at radius 2 is 0.800 bits per heavy atom. The third kappa shape index (κ3) is 18.9. The fourth-order valence-corrected chi connectivity index (χ4v) is 6.93. The van der Waals surface area contributed by atoms with Crippen molar-refractivity contribution in [2.75, 3.05) is 0 Å². The predicted octanol–water partition coefficient (Wildman–Crippen LogP) is 3.89. The van der Waals surface area contributed by atoms with Crippen molar-refractivity contribution in [2.24, 2.45) is 0 Å². The summed E-state index contributed by atoms with van der Waals surface area (Å²) < 4.78 is 63.5. The summed E-state index contributed by atoms with van der Waals surface area (Å²) in [5.74, 6) is -5.51. The molecular formula is C13H26F6O5Si. The lowest BCUT2D eigenvalue weighted by Gasteiger charge is -2.26. The molecule has 25 heavy (non-hydrogen) atoms. The van der Waals surface area contributed by atoms with E-state index in [4.69, 9.17) is 19.8 Å². The van der Waals surface area contributed by atoms with E-state index in [2.05, 4.69) is 41.5 Å². The van der Waals surface area contributed by atoms with Gasteiger partial charge in [-0.1, -0.05) is 58.2 Å². The van der Waals surface area contributed by atoms with Crippen LogP contribution in [0, 0.1) is 0 Å². The molecule has 0 aromatic rings. The Kier molecular flexibility index (Phi) is 16.3. The van der Waals surface area contributed by atoms with Crippen LogP contribution in [0.15, 0.2) is 0 Å². The van der Waals surface area contributed by atoms with E-state index in [1.807, 2.05) is 0 Å². The Morgan fingerprint density at radius 3 is 0.800 bits per heavy atom. The molecule has 0 atom stereocenters. The lowest BCUT2D eigenvalue weighted by Crippen LogP contribution is -2.24. The zero-order valence-electron chi connectivity index (χ0n) is 14.8. The van der Waals surface area contributed by atoms with Crippen molar-refractivity contribution in [3.8, 4) is 0 Å². The number of carbonyl (C=O) groups is 2. The molecule has 0 aromatic carbocycles. The first-order valence-electron chi connectivity index (χ1n) is 6.95. The van der Waals surface area contributed by atoms with E-state index >= 15 is 0 Å². The van der Waals surface area contributed by atoms with Crippen molar-refractivity contribution in [1.29, 1.82) is 0 Å². The third-order valence-electron chi connectivity index (χ3n) is 2.79. The molecular weight excluding hydrogens is 378 g/mol. The predicted molar refractivity (Wildman–Crippen MR) is 83.4 cm³/mol. The van der Waals surface area contributed by atoms with Gasteiger partial charge in [0.05, 0.1) is 0 Å². The van der Waals surface area contributed by atoms with Crippen LogP contribution in [0.3, 0.4) is 0 Å². The number of carboxylic acid groups (broad SMARTS) is 2. The molecule has 0 aliphatic heterocycles. The highest BCUT2D eigenvalue weighted by Gasteiger charge is 2.38. The second kappa shape index (κ2) is 13.0. The van der Waals surface area contributed by atoms with E-state index in [9.17, 15) is 26.3 Å². The fourth-order valence-electron chi connectivity index (χ4n) is 2.31. The molecule has 0 unspecified atom stereocenters. The van der Waals surface area contributed by atoms with Crippen LogP contribution >= 0.6 is 0 Å². The zero-order chi connectivity index (χ0) is 20.5. The first-order valence-corrected chi connectivity index (χ1v) is 8.95. The SMILES string of the molecule is CC(C)[SiH](C(C)C)C(C)C.O.O=C(O)C(F)(F)F.O=C(O)C(F)(F)F. The van der Waals surface area contributed by atoms with E-state index in [0.717, 1.165) is 16.6 Å². The van der Waals surface area contributed by atoms with E-state index in [1.165, 1.54) is 0 Å². The fraction of sp³-hybridized carbons (Fsp3) is 0.846. The summed E-state index contributed by atoms with van der Waals surface area (Å²) in [4.78, 5) is 17.8. The van der Waals surface area contributed by atoms with Crippen molar-refractivity contribution in [1.82, 2.24) is 0 Å². The van der Waals surface area contributed by atoms with Crippen LogP contribution in [0.1, 0.15) is 41.5 Å². The largest absolute Gasteiger partial charge is 0.490 e. The number of hydrogen-bond donors (Lipinski definition) is 2. The number of halogens is 6. The molecule has 4 N–H and O–H groups in total. The number of rotatable bonds is 3. The van der Waals surface area contributed by atoms with Gasteiger partial charge in [-0.2, -0.15) is 26.3 Å². The highest BCUT2D eigenvalue weighted by Crippen LogP contribution is 2.29. The molecule has 12 heteroatoms. The lowest BCUT2D eigenvalue weighted by molar-refractivity contribution is -0.193. The van der Waals surface area contributed by atoms with E-state index < -0.39 is 33.1 Å². The lowest BCUT2D eigenvalue weighted by atomic mass is 10.5. The highest BCUT2D eigenvalue weighted by atomic mass is 28.3. The average Bonchev–Trinajstić information content (AvgIpc) is 2.25. The molecule has 5 nitrogen and oxygen atoms in total. The maximum absolute atomic E-state index is 10.6. The second-order valence-corrected chi connectivity index (χ2v) is 11.1. The van der Waals surface area contributed by atoms with Gasteiger partial charge in [0, 0.05) is 8.80 Å². The Balaban J connectivity index is -0.000000133. The minimum atomic E-state index is -5.08. The normalized spacial score (nSPS) is 11.4. The summed E-state index contributed by atoms with van der Waals surface area (Å²) in [5.41, 5.74) is 2.92. The molecule has 0 radical (unpaired) electrons. The molecule has 0 rings (SSSR count). The summed E-state index contributed by atoms with van der Waals surface area (Å²) >= 11 is 0. The summed E-state index contributed by atoms with van der Waals surface area (Å²) in [7, 11) is -0.454. The second-order valence-electron chi connectivity index (χ2n) is 5.92. The summed E-state index contributed by atoms with van der Waals surface area (Å²) in [6.07, 6.45) is -10.2. The summed E-state index contributed by atoms with van der Waals surface area (Å²) in [5, 5.41) is 14.2. The van der Waals surface area contributed by atoms with Crippen LogP contribution in [-0.2, 0) is 9.59 Å². The van der Waals surface area contributed by atoms with Crippen molar-refractivity contribution < 1.29 is 51.6 Å². The highest BCUT2D eigenvalue weighted by molar-refractivity contribution is 6.63. The Labute approximate surface area is 143 Å². The quantitative estimate of drug-likeness (QED) is 0.550. The van der Waals surface area contributed by atoms with E-state index in [-0.39, 0.29) is 5.48 Å². The van der Waals surface area contributed by atoms with Gasteiger partial charge in [0.15, 0.2) is 0 Å². The van der Waals surface area contributed by atoms with Crippen LogP contribution in [-0.4, -0.2) is 48.8 Å². The molecule has 0 saturated heterocycles. The van der Waals surface area contributed by atoms with Gasteiger partial charge >= 0.3 is 24.3 Å². The molecule has 0 aliphatic carbocycles. The first kappa shape index (κ1) is 31.5. The number of carboxylic acids is 2. The third-order valence-corrected chi connectivity index (χ3v) is 7.41. The van der Waals surface area contributed by atoms with Crippen molar-refractivity contribution >= 4 is 20.7 Å². The average molecular weight is 404 g/mol. The van der Waals surface area contributed by atoms with Crippen LogP contribution in [0.5, 0.6) is 0 Å². The van der Waals surface area contributed by atoms with Crippen molar-refractivity contribution in [3.05, 3.63) is 0 Å². The Morgan fingerprint density at radius 1 is 0.680 bits per heavy atom. The molecule has 154 valence electrons. The molecule has 0 amide bonds.